The third-order valence-electron chi connectivity index (χ3n) is 3.92. The smallest absolute Gasteiger partial charge is 0.0738 e. The van der Waals surface area contributed by atoms with E-state index in [1.807, 2.05) is 11.6 Å². The summed E-state index contributed by atoms with van der Waals surface area (Å²) in [4.78, 5) is 0. The van der Waals surface area contributed by atoms with Gasteiger partial charge in [-0.25, -0.2) is 0 Å². The fourth-order valence-corrected chi connectivity index (χ4v) is 3.01. The van der Waals surface area contributed by atoms with Crippen molar-refractivity contribution in [3.05, 3.63) is 50.8 Å². The second kappa shape index (κ2) is 6.75. The number of aryl methyl sites for hydroxylation is 4. The predicted molar refractivity (Wildman–Crippen MR) is 89.7 cm³/mol. The maximum atomic E-state index is 10.4. The highest BCUT2D eigenvalue weighted by atomic mass is 79.9. The average Bonchev–Trinajstić information content (AvgIpc) is 2.70. The molecule has 1 N–H and O–H groups in total. The van der Waals surface area contributed by atoms with Crippen LogP contribution in [0.25, 0.3) is 0 Å². The Bertz CT molecular complexity index is 634. The maximum absolute atomic E-state index is 10.4. The summed E-state index contributed by atoms with van der Waals surface area (Å²) < 4.78 is 2.98. The molecule has 0 aliphatic heterocycles. The summed E-state index contributed by atoms with van der Waals surface area (Å²) in [6.07, 6.45) is 0.883. The third-order valence-corrected chi connectivity index (χ3v) is 4.96. The Morgan fingerprint density at radius 3 is 2.52 bits per heavy atom. The van der Waals surface area contributed by atoms with Crippen LogP contribution in [0.3, 0.4) is 0 Å². The Labute approximate surface area is 135 Å². The van der Waals surface area contributed by atoms with Gasteiger partial charge in [0.15, 0.2) is 0 Å². The summed E-state index contributed by atoms with van der Waals surface area (Å²) in [6.45, 7) is 9.08. The molecule has 0 bridgehead atoms. The second-order valence-corrected chi connectivity index (χ2v) is 6.44. The van der Waals surface area contributed by atoms with Gasteiger partial charge in [0.2, 0.25) is 0 Å². The third kappa shape index (κ3) is 3.74. The summed E-state index contributed by atoms with van der Waals surface area (Å²) in [5, 5.41) is 14.9. The van der Waals surface area contributed by atoms with E-state index < -0.39 is 6.10 Å². The van der Waals surface area contributed by atoms with Crippen molar-refractivity contribution in [2.45, 2.75) is 53.2 Å². The summed E-state index contributed by atoms with van der Waals surface area (Å²) in [7, 11) is 0. The number of nitrogens with zero attached hydrogens (tertiary/aromatic N) is 2. The quantitative estimate of drug-likeness (QED) is 0.891. The Morgan fingerprint density at radius 2 is 1.90 bits per heavy atom. The van der Waals surface area contributed by atoms with Gasteiger partial charge in [-0.1, -0.05) is 18.2 Å². The molecular formula is C17H23BrN2O. The van der Waals surface area contributed by atoms with Crippen LogP contribution in [0.2, 0.25) is 0 Å². The maximum Gasteiger partial charge on any atom is 0.0738 e. The van der Waals surface area contributed by atoms with E-state index in [0.29, 0.717) is 12.8 Å². The van der Waals surface area contributed by atoms with Crippen molar-refractivity contribution < 1.29 is 5.11 Å². The molecule has 1 heterocycles. The minimum absolute atomic E-state index is 0.398. The molecule has 0 radical (unpaired) electrons. The van der Waals surface area contributed by atoms with E-state index >= 15 is 0 Å². The lowest BCUT2D eigenvalue weighted by atomic mass is 10.00. The Balaban J connectivity index is 2.11. The number of benzene rings is 1. The molecule has 3 nitrogen and oxygen atoms in total. The number of halogens is 1. The lowest BCUT2D eigenvalue weighted by Gasteiger charge is -2.13. The zero-order chi connectivity index (χ0) is 15.6. The van der Waals surface area contributed by atoms with E-state index in [1.165, 1.54) is 16.7 Å². The minimum atomic E-state index is -0.398. The van der Waals surface area contributed by atoms with Gasteiger partial charge in [-0.05, 0) is 66.7 Å². The Hall–Kier alpha value is -1.13. The van der Waals surface area contributed by atoms with E-state index in [1.54, 1.807) is 0 Å². The molecule has 0 amide bonds. The van der Waals surface area contributed by atoms with Gasteiger partial charge in [0.1, 0.15) is 0 Å². The van der Waals surface area contributed by atoms with Crippen LogP contribution >= 0.6 is 15.9 Å². The molecule has 0 saturated heterocycles. The molecule has 0 spiro atoms. The van der Waals surface area contributed by atoms with Crippen LogP contribution in [0.15, 0.2) is 22.7 Å². The van der Waals surface area contributed by atoms with Crippen LogP contribution in [0.4, 0.5) is 0 Å². The SMILES string of the molecule is CCn1nc(C)c(Br)c1CC(O)Cc1ccc(C)c(C)c1. The van der Waals surface area contributed by atoms with Crippen LogP contribution in [0, 0.1) is 20.8 Å². The van der Waals surface area contributed by atoms with Crippen molar-refractivity contribution >= 4 is 15.9 Å². The van der Waals surface area contributed by atoms with Crippen molar-refractivity contribution in [2.75, 3.05) is 0 Å². The summed E-state index contributed by atoms with van der Waals surface area (Å²) in [5.41, 5.74) is 5.79. The van der Waals surface area contributed by atoms with Gasteiger partial charge in [-0.15, -0.1) is 0 Å². The number of rotatable bonds is 5. The minimum Gasteiger partial charge on any atom is -0.392 e. The Morgan fingerprint density at radius 1 is 1.19 bits per heavy atom. The van der Waals surface area contributed by atoms with Crippen molar-refractivity contribution in [1.29, 1.82) is 0 Å². The largest absolute Gasteiger partial charge is 0.392 e. The molecule has 1 atom stereocenters. The first-order valence-electron chi connectivity index (χ1n) is 7.38. The van der Waals surface area contributed by atoms with Gasteiger partial charge in [0.05, 0.1) is 22.0 Å². The number of aliphatic hydroxyl groups is 1. The van der Waals surface area contributed by atoms with Crippen LogP contribution in [0.1, 0.15) is 35.0 Å². The molecule has 0 aliphatic rings. The molecule has 0 fully saturated rings. The fourth-order valence-electron chi connectivity index (χ4n) is 2.56. The number of aromatic nitrogens is 2. The highest BCUT2D eigenvalue weighted by molar-refractivity contribution is 9.10. The number of aliphatic hydroxyl groups excluding tert-OH is 1. The van der Waals surface area contributed by atoms with Crippen LogP contribution < -0.4 is 0 Å². The van der Waals surface area contributed by atoms with Gasteiger partial charge in [0.25, 0.3) is 0 Å². The molecule has 0 saturated carbocycles. The van der Waals surface area contributed by atoms with Crippen LogP contribution in [0.5, 0.6) is 0 Å². The van der Waals surface area contributed by atoms with E-state index in [4.69, 9.17) is 0 Å². The van der Waals surface area contributed by atoms with E-state index in [-0.39, 0.29) is 0 Å². The van der Waals surface area contributed by atoms with Crippen molar-refractivity contribution in [3.63, 3.8) is 0 Å². The lowest BCUT2D eigenvalue weighted by Crippen LogP contribution is -2.17. The highest BCUT2D eigenvalue weighted by Crippen LogP contribution is 2.23. The first-order chi connectivity index (χ1) is 9.92. The summed E-state index contributed by atoms with van der Waals surface area (Å²) in [6, 6.07) is 6.38. The van der Waals surface area contributed by atoms with Crippen molar-refractivity contribution in [2.24, 2.45) is 0 Å². The molecule has 4 heteroatoms. The highest BCUT2D eigenvalue weighted by Gasteiger charge is 2.16. The second-order valence-electron chi connectivity index (χ2n) is 5.64. The number of hydrogen-bond acceptors (Lipinski definition) is 2. The van der Waals surface area contributed by atoms with Gasteiger partial charge >= 0.3 is 0 Å². The zero-order valence-corrected chi connectivity index (χ0v) is 14.7. The van der Waals surface area contributed by atoms with E-state index in [2.05, 4.69) is 60.0 Å². The number of hydrogen-bond donors (Lipinski definition) is 1. The zero-order valence-electron chi connectivity index (χ0n) is 13.2. The van der Waals surface area contributed by atoms with Gasteiger partial charge in [-0.3, -0.25) is 4.68 Å². The van der Waals surface area contributed by atoms with E-state index in [0.717, 1.165) is 22.4 Å². The van der Waals surface area contributed by atoms with E-state index in [9.17, 15) is 5.11 Å². The first kappa shape index (κ1) is 16.2. The topological polar surface area (TPSA) is 38.0 Å². The standard InChI is InChI=1S/C17H23BrN2O/c1-5-20-16(17(18)13(4)19-20)10-15(21)9-14-7-6-11(2)12(3)8-14/h6-8,15,21H,5,9-10H2,1-4H3. The predicted octanol–water partition coefficient (Wildman–Crippen LogP) is 3.74. The molecular weight excluding hydrogens is 328 g/mol. The van der Waals surface area contributed by atoms with Crippen LogP contribution in [-0.4, -0.2) is 21.0 Å². The van der Waals surface area contributed by atoms with Gasteiger partial charge in [0, 0.05) is 13.0 Å². The average molecular weight is 351 g/mol. The van der Waals surface area contributed by atoms with Gasteiger partial charge in [-0.2, -0.15) is 5.10 Å². The van der Waals surface area contributed by atoms with Crippen molar-refractivity contribution in [1.82, 2.24) is 9.78 Å². The first-order valence-corrected chi connectivity index (χ1v) is 8.17. The van der Waals surface area contributed by atoms with Crippen molar-refractivity contribution in [3.8, 4) is 0 Å². The molecule has 114 valence electrons. The Kier molecular flexibility index (Phi) is 5.22. The monoisotopic (exact) mass is 350 g/mol. The molecule has 0 aliphatic carbocycles. The summed E-state index contributed by atoms with van der Waals surface area (Å²) in [5.74, 6) is 0. The molecule has 2 rings (SSSR count). The molecule has 2 aromatic rings. The lowest BCUT2D eigenvalue weighted by molar-refractivity contribution is 0.172. The molecule has 21 heavy (non-hydrogen) atoms. The molecule has 1 unspecified atom stereocenters. The summed E-state index contributed by atoms with van der Waals surface area (Å²) >= 11 is 3.58. The molecule has 1 aromatic carbocycles. The fraction of sp³-hybridized carbons (Fsp3) is 0.471. The molecule has 1 aromatic heterocycles. The normalized spacial score (nSPS) is 12.7. The van der Waals surface area contributed by atoms with Gasteiger partial charge < -0.3 is 5.11 Å². The van der Waals surface area contributed by atoms with Crippen LogP contribution in [-0.2, 0) is 19.4 Å².